The Balaban J connectivity index is 1.52. The summed E-state index contributed by atoms with van der Waals surface area (Å²) in [6.45, 7) is 6.21. The lowest BCUT2D eigenvalue weighted by Gasteiger charge is -2.42. The molecule has 1 fully saturated rings. The molecule has 194 valence electrons. The number of rotatable bonds is 4. The van der Waals surface area contributed by atoms with Crippen LogP contribution in [0.3, 0.4) is 0 Å². The maximum atomic E-state index is 13.4. The molecule has 6 nitrogen and oxygen atoms in total. The Morgan fingerprint density at radius 1 is 0.972 bits per heavy atom. The fourth-order valence-electron chi connectivity index (χ4n) is 5.91. The highest BCUT2D eigenvalue weighted by molar-refractivity contribution is 5.94. The van der Waals surface area contributed by atoms with Crippen molar-refractivity contribution in [2.75, 3.05) is 46.4 Å². The molecular formula is C30H41N3O3. The van der Waals surface area contributed by atoms with E-state index in [4.69, 9.17) is 4.74 Å². The zero-order valence-corrected chi connectivity index (χ0v) is 22.0. The summed E-state index contributed by atoms with van der Waals surface area (Å²) in [6.07, 6.45) is 7.49. The van der Waals surface area contributed by atoms with Gasteiger partial charge in [-0.3, -0.25) is 14.5 Å². The minimum Gasteiger partial charge on any atom is -0.492 e. The molecule has 1 spiro atoms. The molecule has 2 heterocycles. The van der Waals surface area contributed by atoms with E-state index in [2.05, 4.69) is 35.2 Å². The number of nitrogens with zero attached hydrogens (tertiary/aromatic N) is 3. The minimum atomic E-state index is -0.0174. The van der Waals surface area contributed by atoms with Crippen LogP contribution in [0.15, 0.2) is 54.6 Å². The van der Waals surface area contributed by atoms with Gasteiger partial charge in [0.15, 0.2) is 0 Å². The predicted octanol–water partition coefficient (Wildman–Crippen LogP) is 4.64. The van der Waals surface area contributed by atoms with Crippen molar-refractivity contribution in [1.29, 1.82) is 0 Å². The molecule has 1 saturated heterocycles. The van der Waals surface area contributed by atoms with Crippen LogP contribution in [0.1, 0.15) is 61.4 Å². The first-order valence-corrected chi connectivity index (χ1v) is 13.5. The second kappa shape index (κ2) is 12.4. The molecule has 4 rings (SSSR count). The number of likely N-dealkylation sites (tertiary alicyclic amines) is 1. The summed E-state index contributed by atoms with van der Waals surface area (Å²) in [6, 6.07) is 18.1. The predicted molar refractivity (Wildman–Crippen MR) is 143 cm³/mol. The zero-order valence-electron chi connectivity index (χ0n) is 22.0. The van der Waals surface area contributed by atoms with Crippen LogP contribution in [0, 0.1) is 0 Å². The van der Waals surface area contributed by atoms with E-state index < -0.39 is 0 Å². The molecule has 36 heavy (non-hydrogen) atoms. The molecule has 6 heteroatoms. The number of likely N-dealkylation sites (N-methyl/N-ethyl adjacent to an activating group) is 1. The summed E-state index contributed by atoms with van der Waals surface area (Å²) in [7, 11) is 1.94. The van der Waals surface area contributed by atoms with Crippen molar-refractivity contribution < 1.29 is 14.3 Å². The van der Waals surface area contributed by atoms with E-state index in [0.29, 0.717) is 24.5 Å². The number of fused-ring (bicyclic) bond motifs is 2. The van der Waals surface area contributed by atoms with Gasteiger partial charge in [0.1, 0.15) is 12.4 Å². The van der Waals surface area contributed by atoms with Crippen LogP contribution in [0.2, 0.25) is 0 Å². The molecule has 2 aliphatic rings. The summed E-state index contributed by atoms with van der Waals surface area (Å²) < 4.78 is 5.90. The van der Waals surface area contributed by atoms with E-state index in [-0.39, 0.29) is 17.4 Å². The number of hydrogen-bond donors (Lipinski definition) is 0. The monoisotopic (exact) mass is 491 g/mol. The maximum absolute atomic E-state index is 13.4. The molecule has 1 atom stereocenters. The highest BCUT2D eigenvalue weighted by Crippen LogP contribution is 2.35. The van der Waals surface area contributed by atoms with Crippen molar-refractivity contribution >= 4 is 11.8 Å². The van der Waals surface area contributed by atoms with Crippen molar-refractivity contribution in [1.82, 2.24) is 14.7 Å². The zero-order chi connectivity index (χ0) is 25.4. The van der Waals surface area contributed by atoms with E-state index in [9.17, 15) is 9.59 Å². The quantitative estimate of drug-likeness (QED) is 0.626. The lowest BCUT2D eigenvalue weighted by molar-refractivity contribution is -0.129. The van der Waals surface area contributed by atoms with E-state index in [1.807, 2.05) is 41.1 Å². The first-order valence-electron chi connectivity index (χ1n) is 13.5. The lowest BCUT2D eigenvalue weighted by Crippen LogP contribution is -2.53. The second-order valence-corrected chi connectivity index (χ2v) is 10.4. The van der Waals surface area contributed by atoms with Crippen LogP contribution >= 0.6 is 0 Å². The highest BCUT2D eigenvalue weighted by Gasteiger charge is 2.41. The van der Waals surface area contributed by atoms with Gasteiger partial charge in [-0.15, -0.1) is 0 Å². The van der Waals surface area contributed by atoms with Crippen LogP contribution in [0.5, 0.6) is 5.75 Å². The van der Waals surface area contributed by atoms with Crippen LogP contribution in [0.4, 0.5) is 0 Å². The van der Waals surface area contributed by atoms with Gasteiger partial charge in [-0.1, -0.05) is 36.4 Å². The Labute approximate surface area is 216 Å². The number of carbonyl (C=O) groups excluding carboxylic acids is 2. The number of amides is 2. The Bertz CT molecular complexity index is 1010. The third-order valence-corrected chi connectivity index (χ3v) is 7.83. The fraction of sp³-hybridized carbons (Fsp3) is 0.533. The molecule has 0 unspecified atom stereocenters. The Hall–Kier alpha value is -2.86. The van der Waals surface area contributed by atoms with Gasteiger partial charge >= 0.3 is 0 Å². The number of hydrogen-bond acceptors (Lipinski definition) is 4. The number of aryl methyl sites for hydroxylation is 1. The Morgan fingerprint density at radius 3 is 2.58 bits per heavy atom. The molecule has 2 aliphatic heterocycles. The first kappa shape index (κ1) is 26.2. The summed E-state index contributed by atoms with van der Waals surface area (Å²) in [5.41, 5.74) is 2.01. The van der Waals surface area contributed by atoms with E-state index in [0.717, 1.165) is 71.1 Å². The molecule has 0 aliphatic carbocycles. The SMILES string of the molecule is CC(=O)N1CCCC[C@@]2(CCCN2CCCc2ccccc2)CN(C)C(=O)c2cccc(c2)OCC1. The highest BCUT2D eigenvalue weighted by atomic mass is 16.5. The van der Waals surface area contributed by atoms with Gasteiger partial charge < -0.3 is 14.5 Å². The molecule has 0 N–H and O–H groups in total. The normalized spacial score (nSPS) is 22.2. The topological polar surface area (TPSA) is 53.1 Å². The van der Waals surface area contributed by atoms with Crippen molar-refractivity contribution in [3.05, 3.63) is 65.7 Å². The maximum Gasteiger partial charge on any atom is 0.253 e. The number of carbonyl (C=O) groups is 2. The lowest BCUT2D eigenvalue weighted by atomic mass is 9.88. The van der Waals surface area contributed by atoms with Crippen molar-refractivity contribution in [3.63, 3.8) is 0 Å². The third kappa shape index (κ3) is 6.67. The minimum absolute atomic E-state index is 0.0174. The van der Waals surface area contributed by atoms with Gasteiger partial charge in [0.05, 0.1) is 6.54 Å². The average Bonchev–Trinajstić information content (AvgIpc) is 3.27. The number of ether oxygens (including phenoxy) is 1. The largest absolute Gasteiger partial charge is 0.492 e. The summed E-state index contributed by atoms with van der Waals surface area (Å²) in [5.74, 6) is 0.798. The molecule has 0 saturated carbocycles. The van der Waals surface area contributed by atoms with Crippen molar-refractivity contribution in [2.45, 2.75) is 57.4 Å². The number of benzene rings is 2. The summed E-state index contributed by atoms with van der Waals surface area (Å²) in [5, 5.41) is 0. The van der Waals surface area contributed by atoms with Crippen LogP contribution in [0.25, 0.3) is 0 Å². The first-order chi connectivity index (χ1) is 17.5. The molecule has 2 bridgehead atoms. The van der Waals surface area contributed by atoms with Crippen molar-refractivity contribution in [2.24, 2.45) is 0 Å². The fourth-order valence-corrected chi connectivity index (χ4v) is 5.91. The molecule has 0 radical (unpaired) electrons. The Morgan fingerprint density at radius 2 is 1.78 bits per heavy atom. The van der Waals surface area contributed by atoms with E-state index in [1.165, 1.54) is 5.56 Å². The van der Waals surface area contributed by atoms with Crippen LogP contribution in [-0.4, -0.2) is 78.4 Å². The van der Waals surface area contributed by atoms with Crippen molar-refractivity contribution in [3.8, 4) is 5.75 Å². The van der Waals surface area contributed by atoms with Crippen LogP contribution < -0.4 is 4.74 Å². The van der Waals surface area contributed by atoms with Gasteiger partial charge in [0.2, 0.25) is 5.91 Å². The van der Waals surface area contributed by atoms with Gasteiger partial charge in [0, 0.05) is 38.2 Å². The summed E-state index contributed by atoms with van der Waals surface area (Å²) in [4.78, 5) is 32.1. The third-order valence-electron chi connectivity index (χ3n) is 7.83. The van der Waals surface area contributed by atoms with Gasteiger partial charge in [-0.2, -0.15) is 0 Å². The molecule has 2 aromatic carbocycles. The molecule has 2 aromatic rings. The van der Waals surface area contributed by atoms with Gasteiger partial charge in [-0.05, 0) is 81.8 Å². The molecule has 0 aromatic heterocycles. The molecular weight excluding hydrogens is 450 g/mol. The summed E-state index contributed by atoms with van der Waals surface area (Å²) >= 11 is 0. The van der Waals surface area contributed by atoms with E-state index in [1.54, 1.807) is 6.92 Å². The van der Waals surface area contributed by atoms with Gasteiger partial charge in [0.25, 0.3) is 5.91 Å². The Kier molecular flexibility index (Phi) is 9.03. The van der Waals surface area contributed by atoms with Gasteiger partial charge in [-0.25, -0.2) is 0 Å². The van der Waals surface area contributed by atoms with Crippen LogP contribution in [-0.2, 0) is 11.2 Å². The van der Waals surface area contributed by atoms with E-state index >= 15 is 0 Å². The average molecular weight is 492 g/mol. The molecule has 2 amide bonds. The second-order valence-electron chi connectivity index (χ2n) is 10.4. The smallest absolute Gasteiger partial charge is 0.253 e. The standard InChI is InChI=1S/C30H41N3O3/c1-25(34)32-18-7-6-16-30(17-10-20-33(30)19-9-13-26-11-4-3-5-12-26)24-31(2)29(35)27-14-8-15-28(23-27)36-22-21-32/h3-5,8,11-12,14-15,23H,6-7,9-10,13,16-22,24H2,1-2H3/t30-/m1/s1.